The lowest BCUT2D eigenvalue weighted by molar-refractivity contribution is -0.385. The zero-order chi connectivity index (χ0) is 23.4. The van der Waals surface area contributed by atoms with Crippen molar-refractivity contribution in [3.05, 3.63) is 69.3 Å². The van der Waals surface area contributed by atoms with E-state index in [1.165, 1.54) is 43.5 Å². The number of carbonyl (C=O) groups is 4. The second-order valence-corrected chi connectivity index (χ2v) is 7.15. The quantitative estimate of drug-likeness (QED) is 0.289. The summed E-state index contributed by atoms with van der Waals surface area (Å²) in [6.45, 7) is 1.90. The van der Waals surface area contributed by atoms with Gasteiger partial charge in [-0.15, -0.1) is 0 Å². The molecule has 0 fully saturated rings. The van der Waals surface area contributed by atoms with E-state index in [1.54, 1.807) is 0 Å². The van der Waals surface area contributed by atoms with Crippen molar-refractivity contribution in [2.45, 2.75) is 32.2 Å². The van der Waals surface area contributed by atoms with Gasteiger partial charge in [0.15, 0.2) is 0 Å². The molecule has 1 heterocycles. The van der Waals surface area contributed by atoms with E-state index in [0.29, 0.717) is 24.1 Å². The Bertz CT molecular complexity index is 1100. The fraction of sp³-hybridized carbons (Fsp3) is 0.273. The van der Waals surface area contributed by atoms with E-state index in [4.69, 9.17) is 0 Å². The van der Waals surface area contributed by atoms with Crippen molar-refractivity contribution < 1.29 is 28.8 Å². The summed E-state index contributed by atoms with van der Waals surface area (Å²) in [6, 6.07) is 8.59. The Kier molecular flexibility index (Phi) is 6.62. The zero-order valence-electron chi connectivity index (χ0n) is 17.5. The number of carbonyl (C=O) groups excluding carboxylic acids is 4. The van der Waals surface area contributed by atoms with Crippen LogP contribution in [0.1, 0.15) is 57.3 Å². The van der Waals surface area contributed by atoms with Crippen molar-refractivity contribution in [3.63, 3.8) is 0 Å². The van der Waals surface area contributed by atoms with Crippen LogP contribution in [0.5, 0.6) is 0 Å². The fourth-order valence-electron chi connectivity index (χ4n) is 3.53. The summed E-state index contributed by atoms with van der Waals surface area (Å²) in [5, 5.41) is 14.0. The molecule has 0 bridgehead atoms. The van der Waals surface area contributed by atoms with Gasteiger partial charge in [-0.2, -0.15) is 0 Å². The van der Waals surface area contributed by atoms with Crippen LogP contribution in [-0.4, -0.2) is 46.7 Å². The average molecular weight is 439 g/mol. The number of unbranched alkanes of at least 4 members (excludes halogenated alkanes) is 1. The summed E-state index contributed by atoms with van der Waals surface area (Å²) in [6.07, 6.45) is 1.46. The maximum Gasteiger partial charge on any atom is 0.337 e. The summed E-state index contributed by atoms with van der Waals surface area (Å²) in [7, 11) is 1.25. The second-order valence-electron chi connectivity index (χ2n) is 7.15. The molecule has 3 amide bonds. The zero-order valence-corrected chi connectivity index (χ0v) is 17.5. The van der Waals surface area contributed by atoms with E-state index in [9.17, 15) is 29.3 Å². The van der Waals surface area contributed by atoms with Crippen LogP contribution in [0.2, 0.25) is 0 Å². The number of nitrogens with one attached hydrogen (secondary N) is 1. The number of nitro benzene ring substituents is 1. The van der Waals surface area contributed by atoms with Gasteiger partial charge in [-0.25, -0.2) is 4.79 Å². The third-order valence-electron chi connectivity index (χ3n) is 5.14. The molecule has 0 saturated carbocycles. The molecule has 1 atom stereocenters. The van der Waals surface area contributed by atoms with Gasteiger partial charge in [0.25, 0.3) is 17.5 Å². The third kappa shape index (κ3) is 4.20. The molecule has 2 aromatic carbocycles. The van der Waals surface area contributed by atoms with Crippen molar-refractivity contribution in [1.29, 1.82) is 0 Å². The molecule has 1 aliphatic rings. The number of esters is 1. The van der Waals surface area contributed by atoms with Crippen molar-refractivity contribution in [2.24, 2.45) is 0 Å². The van der Waals surface area contributed by atoms with Crippen LogP contribution in [0.4, 0.5) is 11.4 Å². The lowest BCUT2D eigenvalue weighted by atomic mass is 10.1. The highest BCUT2D eigenvalue weighted by Crippen LogP contribution is 2.33. The molecule has 166 valence electrons. The Morgan fingerprint density at radius 1 is 1.12 bits per heavy atom. The third-order valence-corrected chi connectivity index (χ3v) is 5.14. The largest absolute Gasteiger partial charge is 0.465 e. The molecule has 1 aliphatic heterocycles. The molecule has 0 saturated heterocycles. The van der Waals surface area contributed by atoms with Gasteiger partial charge in [-0.1, -0.05) is 25.8 Å². The highest BCUT2D eigenvalue weighted by Gasteiger charge is 2.46. The number of rotatable bonds is 8. The Balaban J connectivity index is 1.89. The van der Waals surface area contributed by atoms with Gasteiger partial charge in [0.1, 0.15) is 11.6 Å². The first-order valence-electron chi connectivity index (χ1n) is 9.94. The van der Waals surface area contributed by atoms with Crippen LogP contribution in [0.15, 0.2) is 42.5 Å². The van der Waals surface area contributed by atoms with Gasteiger partial charge in [0.2, 0.25) is 5.91 Å². The van der Waals surface area contributed by atoms with E-state index in [0.717, 1.165) is 11.0 Å². The number of benzene rings is 2. The van der Waals surface area contributed by atoms with Crippen LogP contribution in [0, 0.1) is 10.1 Å². The lowest BCUT2D eigenvalue weighted by Gasteiger charge is -2.25. The van der Waals surface area contributed by atoms with Crippen LogP contribution in [-0.2, 0) is 9.53 Å². The summed E-state index contributed by atoms with van der Waals surface area (Å²) in [5.74, 6) is -2.75. The number of hydrogen-bond donors (Lipinski definition) is 1. The van der Waals surface area contributed by atoms with E-state index < -0.39 is 40.3 Å². The maximum absolute atomic E-state index is 13.1. The Labute approximate surface area is 183 Å². The Hall–Kier alpha value is -4.08. The first-order chi connectivity index (χ1) is 15.3. The number of amides is 3. The maximum atomic E-state index is 13.1. The van der Waals surface area contributed by atoms with E-state index in [1.807, 2.05) is 6.92 Å². The number of nitro groups is 1. The molecule has 10 heteroatoms. The van der Waals surface area contributed by atoms with Gasteiger partial charge >= 0.3 is 5.97 Å². The SMILES string of the molecule is CCCC[C@@H](C(=O)Nc1ccc(C(=O)OC)cc1)N1C(=O)c2cccc([N+](=O)[O-])c2C1=O. The topological polar surface area (TPSA) is 136 Å². The van der Waals surface area contributed by atoms with Gasteiger partial charge in [-0.3, -0.25) is 29.4 Å². The van der Waals surface area contributed by atoms with Crippen molar-refractivity contribution in [2.75, 3.05) is 12.4 Å². The molecule has 0 unspecified atom stereocenters. The van der Waals surface area contributed by atoms with Crippen LogP contribution in [0.25, 0.3) is 0 Å². The second kappa shape index (κ2) is 9.38. The molecule has 3 rings (SSSR count). The molecule has 0 aromatic heterocycles. The van der Waals surface area contributed by atoms with E-state index in [2.05, 4.69) is 10.1 Å². The predicted octanol–water partition coefficient (Wildman–Crippen LogP) is 3.17. The minimum atomic E-state index is -1.15. The number of nitrogens with zero attached hydrogens (tertiary/aromatic N) is 2. The normalized spacial score (nSPS) is 13.5. The molecular formula is C22H21N3O7. The average Bonchev–Trinajstić information content (AvgIpc) is 3.04. The standard InChI is InChI=1S/C22H21N3O7/c1-3-4-7-17(19(26)23-14-11-9-13(10-12-14)22(29)32-2)24-20(27)15-6-5-8-16(25(30)31)18(15)21(24)28/h5-6,8-12,17H,3-4,7H2,1-2H3,(H,23,26)/t17-/m0/s1. The Morgan fingerprint density at radius 2 is 1.81 bits per heavy atom. The molecular weight excluding hydrogens is 418 g/mol. The number of fused-ring (bicyclic) bond motifs is 1. The van der Waals surface area contributed by atoms with Crippen LogP contribution in [0.3, 0.4) is 0 Å². The van der Waals surface area contributed by atoms with Gasteiger partial charge < -0.3 is 10.1 Å². The number of methoxy groups -OCH3 is 1. The highest BCUT2D eigenvalue weighted by atomic mass is 16.6. The molecule has 1 N–H and O–H groups in total. The summed E-state index contributed by atoms with van der Waals surface area (Å²) in [5.41, 5.74) is -0.232. The van der Waals surface area contributed by atoms with Gasteiger partial charge in [0, 0.05) is 11.8 Å². The minimum Gasteiger partial charge on any atom is -0.465 e. The highest BCUT2D eigenvalue weighted by molar-refractivity contribution is 6.25. The summed E-state index contributed by atoms with van der Waals surface area (Å²) < 4.78 is 4.63. The number of anilines is 1. The molecule has 2 aromatic rings. The lowest BCUT2D eigenvalue weighted by Crippen LogP contribution is -2.47. The molecule has 10 nitrogen and oxygen atoms in total. The van der Waals surface area contributed by atoms with Crippen LogP contribution < -0.4 is 5.32 Å². The minimum absolute atomic E-state index is 0.0964. The smallest absolute Gasteiger partial charge is 0.337 e. The number of hydrogen-bond acceptors (Lipinski definition) is 7. The fourth-order valence-corrected chi connectivity index (χ4v) is 3.53. The van der Waals surface area contributed by atoms with E-state index in [-0.39, 0.29) is 17.5 Å². The van der Waals surface area contributed by atoms with Gasteiger partial charge in [-0.05, 0) is 36.8 Å². The van der Waals surface area contributed by atoms with Gasteiger partial charge in [0.05, 0.1) is 23.2 Å². The molecule has 32 heavy (non-hydrogen) atoms. The van der Waals surface area contributed by atoms with Crippen LogP contribution >= 0.6 is 0 Å². The first kappa shape index (κ1) is 22.6. The predicted molar refractivity (Wildman–Crippen MR) is 113 cm³/mol. The molecule has 0 spiro atoms. The van der Waals surface area contributed by atoms with Crippen molar-refractivity contribution in [3.8, 4) is 0 Å². The summed E-state index contributed by atoms with van der Waals surface area (Å²) in [4.78, 5) is 62.0. The van der Waals surface area contributed by atoms with Crippen molar-refractivity contribution >= 4 is 35.1 Å². The monoisotopic (exact) mass is 439 g/mol. The van der Waals surface area contributed by atoms with E-state index >= 15 is 0 Å². The Morgan fingerprint density at radius 3 is 2.41 bits per heavy atom. The summed E-state index contributed by atoms with van der Waals surface area (Å²) >= 11 is 0. The first-order valence-corrected chi connectivity index (χ1v) is 9.94. The number of ether oxygens (including phenoxy) is 1. The van der Waals surface area contributed by atoms with Crippen molar-refractivity contribution in [1.82, 2.24) is 4.90 Å². The molecule has 0 aliphatic carbocycles. The molecule has 0 radical (unpaired) electrons. The number of imide groups is 1.